The minimum atomic E-state index is -0.396. The first-order chi connectivity index (χ1) is 26.0. The number of fused-ring (bicyclic) bond motifs is 7. The van der Waals surface area contributed by atoms with Gasteiger partial charge in [-0.3, -0.25) is 10.1 Å². The predicted molar refractivity (Wildman–Crippen MR) is 217 cm³/mol. The van der Waals surface area contributed by atoms with Gasteiger partial charge in [-0.15, -0.1) is 0 Å². The van der Waals surface area contributed by atoms with Crippen LogP contribution in [0.25, 0.3) is 43.6 Å². The molecule has 0 radical (unpaired) electrons. The molecule has 0 aliphatic heterocycles. The van der Waals surface area contributed by atoms with E-state index in [4.69, 9.17) is 28.9 Å². The van der Waals surface area contributed by atoms with E-state index in [-0.39, 0.29) is 5.69 Å². The van der Waals surface area contributed by atoms with Crippen molar-refractivity contribution < 1.29 is 23.9 Å². The zero-order valence-corrected chi connectivity index (χ0v) is 32.5. The topological polar surface area (TPSA) is 106 Å². The number of nitro groups is 1. The molecular formula is C44H59N3O6. The van der Waals surface area contributed by atoms with Crippen molar-refractivity contribution >= 4 is 49.3 Å². The van der Waals surface area contributed by atoms with E-state index in [9.17, 15) is 10.1 Å². The Balaban J connectivity index is 1.71. The number of non-ortho nitro benzene ring substituents is 1. The molecule has 5 aromatic rings. The third kappa shape index (κ3) is 10.6. The Hall–Kier alpha value is -4.40. The van der Waals surface area contributed by atoms with Crippen LogP contribution < -0.4 is 18.9 Å². The van der Waals surface area contributed by atoms with Crippen molar-refractivity contribution in [3.05, 3.63) is 52.6 Å². The molecule has 9 nitrogen and oxygen atoms in total. The predicted octanol–water partition coefficient (Wildman–Crippen LogP) is 12.8. The summed E-state index contributed by atoms with van der Waals surface area (Å²) in [4.78, 5) is 21.5. The molecule has 0 amide bonds. The molecular weight excluding hydrogens is 666 g/mol. The van der Waals surface area contributed by atoms with Gasteiger partial charge in [0, 0.05) is 22.9 Å². The number of aromatic nitrogens is 2. The van der Waals surface area contributed by atoms with Crippen molar-refractivity contribution in [2.45, 2.75) is 130 Å². The molecule has 0 fully saturated rings. The number of rotatable bonds is 25. The van der Waals surface area contributed by atoms with Crippen LogP contribution in [0.3, 0.4) is 0 Å². The number of benzene rings is 4. The van der Waals surface area contributed by atoms with Crippen molar-refractivity contribution in [1.82, 2.24) is 9.97 Å². The normalized spacial score (nSPS) is 11.5. The van der Waals surface area contributed by atoms with Gasteiger partial charge in [0.2, 0.25) is 0 Å². The Morgan fingerprint density at radius 3 is 1.19 bits per heavy atom. The van der Waals surface area contributed by atoms with E-state index < -0.39 is 4.92 Å². The summed E-state index contributed by atoms with van der Waals surface area (Å²) in [5, 5.41) is 15.3. The summed E-state index contributed by atoms with van der Waals surface area (Å²) in [6, 6.07) is 12.9. The Morgan fingerprint density at radius 2 is 0.830 bits per heavy atom. The Labute approximate surface area is 314 Å². The van der Waals surface area contributed by atoms with E-state index in [1.807, 2.05) is 12.1 Å². The van der Waals surface area contributed by atoms with Crippen LogP contribution in [0, 0.1) is 10.1 Å². The number of nitrogens with zero attached hydrogens (tertiary/aromatic N) is 3. The van der Waals surface area contributed by atoms with Gasteiger partial charge in [0.1, 0.15) is 0 Å². The first-order valence-corrected chi connectivity index (χ1v) is 20.3. The Kier molecular flexibility index (Phi) is 15.6. The second kappa shape index (κ2) is 20.7. The highest BCUT2D eigenvalue weighted by molar-refractivity contribution is 6.25. The van der Waals surface area contributed by atoms with Crippen LogP contribution >= 0.6 is 0 Å². The first kappa shape index (κ1) is 39.8. The van der Waals surface area contributed by atoms with Crippen molar-refractivity contribution in [1.29, 1.82) is 0 Å². The van der Waals surface area contributed by atoms with E-state index in [0.29, 0.717) is 71.5 Å². The van der Waals surface area contributed by atoms with E-state index in [2.05, 4.69) is 39.8 Å². The van der Waals surface area contributed by atoms with Crippen molar-refractivity contribution in [3.8, 4) is 23.0 Å². The molecule has 0 bridgehead atoms. The lowest BCUT2D eigenvalue weighted by Gasteiger charge is -2.19. The maximum atomic E-state index is 11.7. The third-order valence-electron chi connectivity index (χ3n) is 9.85. The van der Waals surface area contributed by atoms with Gasteiger partial charge in [-0.05, 0) is 66.8 Å². The molecule has 0 saturated carbocycles. The summed E-state index contributed by atoms with van der Waals surface area (Å²) < 4.78 is 25.9. The lowest BCUT2D eigenvalue weighted by atomic mass is 9.97. The minimum Gasteiger partial charge on any atom is -0.490 e. The maximum Gasteiger partial charge on any atom is 0.271 e. The largest absolute Gasteiger partial charge is 0.490 e. The summed E-state index contributed by atoms with van der Waals surface area (Å²) in [5.74, 6) is 2.78. The monoisotopic (exact) mass is 725 g/mol. The van der Waals surface area contributed by atoms with Crippen molar-refractivity contribution in [3.63, 3.8) is 0 Å². The molecule has 286 valence electrons. The average Bonchev–Trinajstić information content (AvgIpc) is 3.17. The Morgan fingerprint density at radius 1 is 0.472 bits per heavy atom. The number of unbranched alkanes of at least 4 members (excludes halogenated alkanes) is 12. The van der Waals surface area contributed by atoms with Crippen LogP contribution in [0.1, 0.15) is 130 Å². The molecule has 0 aliphatic carbocycles. The van der Waals surface area contributed by atoms with Crippen molar-refractivity contribution in [2.24, 2.45) is 0 Å². The SMILES string of the molecule is CCCCCCOc1cc2c3cc(OCCCCCC)c(OCCCCCC)cc3c3nc4cc([N+](=O)[O-])ccc4nc3c2cc1OCCCCCC. The van der Waals surface area contributed by atoms with Gasteiger partial charge >= 0.3 is 0 Å². The average molecular weight is 726 g/mol. The molecule has 0 spiro atoms. The summed E-state index contributed by atoms with van der Waals surface area (Å²) in [5.41, 5.74) is 2.37. The highest BCUT2D eigenvalue weighted by atomic mass is 16.6. The van der Waals surface area contributed by atoms with Gasteiger partial charge < -0.3 is 18.9 Å². The van der Waals surface area contributed by atoms with E-state index in [1.54, 1.807) is 6.07 Å². The van der Waals surface area contributed by atoms with Gasteiger partial charge in [0.15, 0.2) is 23.0 Å². The fourth-order valence-electron chi connectivity index (χ4n) is 6.78. The van der Waals surface area contributed by atoms with Gasteiger partial charge in [0.25, 0.3) is 5.69 Å². The maximum absolute atomic E-state index is 11.7. The number of nitro benzene ring substituents is 1. The van der Waals surface area contributed by atoms with E-state index in [0.717, 1.165) is 98.6 Å². The second-order valence-electron chi connectivity index (χ2n) is 14.2. The van der Waals surface area contributed by atoms with E-state index >= 15 is 0 Å². The first-order valence-electron chi connectivity index (χ1n) is 20.3. The highest BCUT2D eigenvalue weighted by Gasteiger charge is 2.21. The molecule has 1 heterocycles. The van der Waals surface area contributed by atoms with E-state index in [1.165, 1.54) is 37.8 Å². The lowest BCUT2D eigenvalue weighted by Crippen LogP contribution is -2.04. The number of hydrogen-bond acceptors (Lipinski definition) is 8. The summed E-state index contributed by atoms with van der Waals surface area (Å²) in [6.45, 7) is 11.2. The zero-order valence-electron chi connectivity index (χ0n) is 32.5. The summed E-state index contributed by atoms with van der Waals surface area (Å²) >= 11 is 0. The molecule has 0 saturated heterocycles. The lowest BCUT2D eigenvalue weighted by molar-refractivity contribution is -0.384. The number of hydrogen-bond donors (Lipinski definition) is 0. The van der Waals surface area contributed by atoms with Gasteiger partial charge in [0.05, 0.1) is 53.4 Å². The molecule has 0 atom stereocenters. The van der Waals surface area contributed by atoms with Gasteiger partial charge in [-0.1, -0.05) is 105 Å². The number of ether oxygens (including phenoxy) is 4. The third-order valence-corrected chi connectivity index (χ3v) is 9.85. The van der Waals surface area contributed by atoms with Crippen LogP contribution in [0.2, 0.25) is 0 Å². The molecule has 0 aliphatic rings. The molecule has 1 aromatic heterocycles. The van der Waals surface area contributed by atoms with Crippen LogP contribution in [-0.4, -0.2) is 41.3 Å². The van der Waals surface area contributed by atoms with Crippen LogP contribution in [0.5, 0.6) is 23.0 Å². The summed E-state index contributed by atoms with van der Waals surface area (Å²) in [6.07, 6.45) is 17.6. The molecule has 5 rings (SSSR count). The fraction of sp³-hybridized carbons (Fsp3) is 0.545. The van der Waals surface area contributed by atoms with Crippen LogP contribution in [-0.2, 0) is 0 Å². The standard InChI is InChI=1S/C44H59N3O6/c1-5-9-13-17-23-50-39-28-33-34-29-40(51-24-18-14-10-6-2)42(53-26-20-16-12-8-4)31-36(34)44-43(35(33)30-41(39)52-25-19-15-11-7-3)45-37-22-21-32(47(48)49)27-38(37)46-44/h21-22,27-31H,5-20,23-26H2,1-4H3. The van der Waals surface area contributed by atoms with Crippen molar-refractivity contribution in [2.75, 3.05) is 26.4 Å². The molecule has 0 unspecified atom stereocenters. The van der Waals surface area contributed by atoms with Crippen LogP contribution in [0.4, 0.5) is 5.69 Å². The smallest absolute Gasteiger partial charge is 0.271 e. The Bertz CT molecular complexity index is 1940. The molecule has 9 heteroatoms. The zero-order chi connectivity index (χ0) is 37.4. The summed E-state index contributed by atoms with van der Waals surface area (Å²) in [7, 11) is 0. The van der Waals surface area contributed by atoms with Crippen LogP contribution in [0.15, 0.2) is 42.5 Å². The quantitative estimate of drug-likeness (QED) is 0.0192. The minimum absolute atomic E-state index is 0.0226. The molecule has 0 N–H and O–H groups in total. The molecule has 53 heavy (non-hydrogen) atoms. The highest BCUT2D eigenvalue weighted by Crippen LogP contribution is 2.44. The van der Waals surface area contributed by atoms with Gasteiger partial charge in [-0.2, -0.15) is 0 Å². The fourth-order valence-corrected chi connectivity index (χ4v) is 6.78. The van der Waals surface area contributed by atoms with Gasteiger partial charge in [-0.25, -0.2) is 9.97 Å². The second-order valence-corrected chi connectivity index (χ2v) is 14.2. The molecule has 4 aromatic carbocycles.